The molecular weight excluding hydrogens is 432 g/mol. The van der Waals surface area contributed by atoms with Crippen LogP contribution < -0.4 is 0 Å². The smallest absolute Gasteiger partial charge is 0.0361 e. The van der Waals surface area contributed by atoms with Gasteiger partial charge in [-0.05, 0) is 105 Å². The molecule has 3 aromatic rings. The second kappa shape index (κ2) is 8.34. The Kier molecular flexibility index (Phi) is 4.92. The van der Waals surface area contributed by atoms with Crippen molar-refractivity contribution in [2.45, 2.75) is 88.4 Å². The first kappa shape index (κ1) is 21.2. The first-order valence-corrected chi connectivity index (χ1v) is 14.7. The average Bonchev–Trinajstić information content (AvgIpc) is 3.50. The molecule has 36 heavy (non-hydrogen) atoms. The maximum absolute atomic E-state index is 2.67. The highest BCUT2D eigenvalue weighted by atomic mass is 14.5. The van der Waals surface area contributed by atoms with Gasteiger partial charge in [-0.25, -0.2) is 0 Å². The fourth-order valence-electron chi connectivity index (χ4n) is 8.60. The third-order valence-corrected chi connectivity index (χ3v) is 10.1. The molecular formula is C36H36. The Morgan fingerprint density at radius 2 is 1.14 bits per heavy atom. The Bertz CT molecular complexity index is 1380. The Hall–Kier alpha value is -2.86. The predicted molar refractivity (Wildman–Crippen MR) is 151 cm³/mol. The van der Waals surface area contributed by atoms with Crippen molar-refractivity contribution in [3.05, 3.63) is 106 Å². The van der Waals surface area contributed by atoms with Crippen molar-refractivity contribution in [3.63, 3.8) is 0 Å². The molecule has 0 nitrogen and oxygen atoms in total. The van der Waals surface area contributed by atoms with Crippen LogP contribution in [0.5, 0.6) is 0 Å². The van der Waals surface area contributed by atoms with Crippen molar-refractivity contribution in [1.29, 1.82) is 0 Å². The molecule has 5 aliphatic rings. The molecule has 0 N–H and O–H groups in total. The van der Waals surface area contributed by atoms with Crippen LogP contribution in [0.1, 0.15) is 115 Å². The Morgan fingerprint density at radius 3 is 1.86 bits per heavy atom. The Morgan fingerprint density at radius 1 is 0.528 bits per heavy atom. The molecule has 0 heterocycles. The molecule has 180 valence electrons. The van der Waals surface area contributed by atoms with Crippen molar-refractivity contribution in [1.82, 2.24) is 0 Å². The lowest BCUT2D eigenvalue weighted by molar-refractivity contribution is 0.434. The van der Waals surface area contributed by atoms with Gasteiger partial charge in [-0.3, -0.25) is 0 Å². The molecule has 1 atom stereocenters. The third kappa shape index (κ3) is 3.06. The highest BCUT2D eigenvalue weighted by Crippen LogP contribution is 2.61. The molecule has 8 rings (SSSR count). The minimum absolute atomic E-state index is 0.402. The number of rotatable bonds is 3. The fourth-order valence-corrected chi connectivity index (χ4v) is 8.60. The van der Waals surface area contributed by atoms with Crippen molar-refractivity contribution >= 4 is 11.1 Å². The maximum atomic E-state index is 2.67. The van der Waals surface area contributed by atoms with E-state index in [1.165, 1.54) is 80.9 Å². The van der Waals surface area contributed by atoms with Crippen LogP contribution in [0.15, 0.2) is 72.3 Å². The van der Waals surface area contributed by atoms with E-state index in [1.54, 1.807) is 44.5 Å². The van der Waals surface area contributed by atoms with E-state index in [4.69, 9.17) is 0 Å². The fraction of sp³-hybridized carbons (Fsp3) is 0.389. The largest absolute Gasteiger partial charge is 0.0619 e. The molecule has 3 aromatic carbocycles. The molecule has 0 aliphatic heterocycles. The molecule has 0 heteroatoms. The van der Waals surface area contributed by atoms with Crippen LogP contribution >= 0.6 is 0 Å². The number of benzene rings is 3. The van der Waals surface area contributed by atoms with Gasteiger partial charge >= 0.3 is 0 Å². The molecule has 0 aromatic heterocycles. The zero-order chi connectivity index (χ0) is 23.6. The van der Waals surface area contributed by atoms with E-state index >= 15 is 0 Å². The van der Waals surface area contributed by atoms with Gasteiger partial charge in [-0.15, -0.1) is 0 Å². The summed E-state index contributed by atoms with van der Waals surface area (Å²) in [6.45, 7) is 0. The van der Waals surface area contributed by atoms with Crippen LogP contribution in [0.4, 0.5) is 0 Å². The topological polar surface area (TPSA) is 0 Å². The number of allylic oxidation sites excluding steroid dienone is 4. The first-order chi connectivity index (χ1) is 17.9. The quantitative estimate of drug-likeness (QED) is 0.359. The summed E-state index contributed by atoms with van der Waals surface area (Å²) in [5.74, 6) is 1.87. The lowest BCUT2D eigenvalue weighted by atomic mass is 9.69. The van der Waals surface area contributed by atoms with E-state index in [1.807, 2.05) is 0 Å². The van der Waals surface area contributed by atoms with Gasteiger partial charge in [0.1, 0.15) is 0 Å². The number of hydrogen-bond acceptors (Lipinski definition) is 0. The number of hydrogen-bond donors (Lipinski definition) is 0. The zero-order valence-corrected chi connectivity index (χ0v) is 21.4. The van der Waals surface area contributed by atoms with E-state index in [-0.39, 0.29) is 0 Å². The van der Waals surface area contributed by atoms with E-state index in [0.717, 1.165) is 18.3 Å². The molecule has 0 spiro atoms. The molecule has 2 saturated carbocycles. The van der Waals surface area contributed by atoms with Gasteiger partial charge < -0.3 is 0 Å². The van der Waals surface area contributed by atoms with Gasteiger partial charge in [-0.2, -0.15) is 0 Å². The Labute approximate surface area is 216 Å². The van der Waals surface area contributed by atoms with Crippen LogP contribution in [-0.4, -0.2) is 0 Å². The lowest BCUT2D eigenvalue weighted by Crippen LogP contribution is -2.16. The summed E-state index contributed by atoms with van der Waals surface area (Å²) < 4.78 is 0. The van der Waals surface area contributed by atoms with E-state index in [0.29, 0.717) is 5.92 Å². The maximum Gasteiger partial charge on any atom is 0.0361 e. The minimum Gasteiger partial charge on any atom is -0.0619 e. The molecule has 0 amide bonds. The van der Waals surface area contributed by atoms with Crippen molar-refractivity contribution < 1.29 is 0 Å². The summed E-state index contributed by atoms with van der Waals surface area (Å²) in [5, 5.41) is 0. The minimum atomic E-state index is 0.402. The van der Waals surface area contributed by atoms with Crippen LogP contribution in [0.3, 0.4) is 0 Å². The van der Waals surface area contributed by atoms with Crippen molar-refractivity contribution in [3.8, 4) is 11.1 Å². The highest BCUT2D eigenvalue weighted by Gasteiger charge is 2.42. The SMILES string of the molecule is C1=C(c2c(C3CCCCC3)cccc2C2CCCCC2)C2C3=C1Cc1cccc(c13)-c1ccccc12. The van der Waals surface area contributed by atoms with Crippen molar-refractivity contribution in [2.75, 3.05) is 0 Å². The molecule has 1 unspecified atom stereocenters. The van der Waals surface area contributed by atoms with E-state index < -0.39 is 0 Å². The molecule has 0 saturated heterocycles. The molecule has 0 bridgehead atoms. The van der Waals surface area contributed by atoms with Gasteiger partial charge in [0, 0.05) is 5.92 Å². The lowest BCUT2D eigenvalue weighted by Gasteiger charge is -2.34. The summed E-state index contributed by atoms with van der Waals surface area (Å²) in [6.07, 6.45) is 17.7. The zero-order valence-electron chi connectivity index (χ0n) is 21.4. The number of fused-ring (bicyclic) bond motifs is 3. The first-order valence-electron chi connectivity index (χ1n) is 14.7. The summed E-state index contributed by atoms with van der Waals surface area (Å²) >= 11 is 0. The highest BCUT2D eigenvalue weighted by molar-refractivity contribution is 6.07. The van der Waals surface area contributed by atoms with Gasteiger partial charge in [0.2, 0.25) is 0 Å². The van der Waals surface area contributed by atoms with Crippen LogP contribution in [0.25, 0.3) is 22.3 Å². The average molecular weight is 469 g/mol. The standard InChI is InChI=1S/C36H36/c1-3-11-23(12-4-1)27-18-10-19-28(24-13-5-2-6-14-24)35(27)32-22-26-21-25-15-9-20-30-29-16-7-8-17-31(29)36(32)34(26)33(25)30/h7-10,15-20,22-24,36H,1-6,11-14,21H2. The molecule has 2 fully saturated rings. The van der Waals surface area contributed by atoms with Gasteiger partial charge in [0.05, 0.1) is 0 Å². The second-order valence-corrected chi connectivity index (χ2v) is 12.1. The van der Waals surface area contributed by atoms with Crippen LogP contribution in [-0.2, 0) is 6.42 Å². The summed E-state index contributed by atoms with van der Waals surface area (Å²) in [5.41, 5.74) is 17.5. The second-order valence-electron chi connectivity index (χ2n) is 12.1. The predicted octanol–water partition coefficient (Wildman–Crippen LogP) is 9.95. The van der Waals surface area contributed by atoms with Crippen LogP contribution in [0, 0.1) is 0 Å². The Balaban J connectivity index is 1.35. The monoisotopic (exact) mass is 468 g/mol. The van der Waals surface area contributed by atoms with Gasteiger partial charge in [0.25, 0.3) is 0 Å². The van der Waals surface area contributed by atoms with E-state index in [2.05, 4.69) is 66.7 Å². The van der Waals surface area contributed by atoms with Gasteiger partial charge in [-0.1, -0.05) is 105 Å². The summed E-state index contributed by atoms with van der Waals surface area (Å²) in [7, 11) is 0. The van der Waals surface area contributed by atoms with Crippen LogP contribution in [0.2, 0.25) is 0 Å². The summed E-state index contributed by atoms with van der Waals surface area (Å²) in [6, 6.07) is 23.8. The normalized spacial score (nSPS) is 23.0. The third-order valence-electron chi connectivity index (χ3n) is 10.1. The molecule has 5 aliphatic carbocycles. The summed E-state index contributed by atoms with van der Waals surface area (Å²) in [4.78, 5) is 0. The molecule has 0 radical (unpaired) electrons. The van der Waals surface area contributed by atoms with Gasteiger partial charge in [0.15, 0.2) is 0 Å². The van der Waals surface area contributed by atoms with Crippen molar-refractivity contribution in [2.24, 2.45) is 0 Å². The van der Waals surface area contributed by atoms with E-state index in [9.17, 15) is 0 Å².